The Labute approximate surface area is 152 Å². The van der Waals surface area contributed by atoms with Gasteiger partial charge in [-0.15, -0.1) is 0 Å². The summed E-state index contributed by atoms with van der Waals surface area (Å²) in [6, 6.07) is 26.2. The van der Waals surface area contributed by atoms with Crippen LogP contribution in [0.1, 0.15) is 22.0 Å². The summed E-state index contributed by atoms with van der Waals surface area (Å²) in [6.07, 6.45) is 0. The Morgan fingerprint density at radius 2 is 1.23 bits per heavy atom. The lowest BCUT2D eigenvalue weighted by atomic mass is 9.98. The molecule has 2 amide bonds. The first-order valence-electron chi connectivity index (χ1n) is 8.26. The third kappa shape index (κ3) is 4.55. The Morgan fingerprint density at radius 1 is 0.692 bits per heavy atom. The van der Waals surface area contributed by atoms with Crippen molar-refractivity contribution in [2.24, 2.45) is 0 Å². The fraction of sp³-hybridized carbons (Fsp3) is 0.0476. The van der Waals surface area contributed by atoms with Gasteiger partial charge in [0.05, 0.1) is 0 Å². The van der Waals surface area contributed by atoms with Gasteiger partial charge in [0.15, 0.2) is 5.78 Å². The lowest BCUT2D eigenvalue weighted by Crippen LogP contribution is -2.45. The number of carbonyl (C=O) groups is 2. The van der Waals surface area contributed by atoms with Crippen molar-refractivity contribution in [2.45, 2.75) is 6.04 Å². The molecule has 5 heteroatoms. The molecule has 0 fully saturated rings. The molecule has 0 bridgehead atoms. The molecular formula is C21H19N3O2. The third-order valence-electron chi connectivity index (χ3n) is 3.82. The zero-order chi connectivity index (χ0) is 18.2. The second kappa shape index (κ2) is 8.60. The number of anilines is 1. The molecule has 1 atom stereocenters. The summed E-state index contributed by atoms with van der Waals surface area (Å²) in [5.74, 6) is -0.128. The number of hydrazine groups is 1. The number of nitrogens with one attached hydrogen (secondary N) is 3. The maximum atomic E-state index is 12.9. The largest absolute Gasteiger partial charge is 0.333 e. The van der Waals surface area contributed by atoms with Crippen LogP contribution in [0.3, 0.4) is 0 Å². The van der Waals surface area contributed by atoms with Crippen LogP contribution in [0.25, 0.3) is 0 Å². The van der Waals surface area contributed by atoms with E-state index in [-0.39, 0.29) is 5.78 Å². The van der Waals surface area contributed by atoms with Crippen LogP contribution in [0.4, 0.5) is 10.5 Å². The van der Waals surface area contributed by atoms with Gasteiger partial charge >= 0.3 is 6.03 Å². The Hall–Kier alpha value is -3.44. The molecule has 3 aromatic rings. The van der Waals surface area contributed by atoms with Crippen molar-refractivity contribution in [1.82, 2.24) is 10.9 Å². The highest BCUT2D eigenvalue weighted by Crippen LogP contribution is 2.18. The second-order valence-electron chi connectivity index (χ2n) is 5.66. The number of carbonyl (C=O) groups excluding carboxylic acids is 2. The third-order valence-corrected chi connectivity index (χ3v) is 3.82. The van der Waals surface area contributed by atoms with E-state index >= 15 is 0 Å². The molecule has 0 saturated carbocycles. The highest BCUT2D eigenvalue weighted by atomic mass is 16.2. The summed E-state index contributed by atoms with van der Waals surface area (Å²) in [6.45, 7) is 0. The molecule has 5 nitrogen and oxygen atoms in total. The smallest absolute Gasteiger partial charge is 0.307 e. The van der Waals surface area contributed by atoms with E-state index in [1.165, 1.54) is 0 Å². The molecule has 3 rings (SSSR count). The molecular weight excluding hydrogens is 326 g/mol. The number of amides is 2. The molecule has 0 radical (unpaired) electrons. The van der Waals surface area contributed by atoms with Gasteiger partial charge in [-0.05, 0) is 17.7 Å². The van der Waals surface area contributed by atoms with E-state index in [4.69, 9.17) is 0 Å². The van der Waals surface area contributed by atoms with Crippen LogP contribution in [-0.2, 0) is 0 Å². The zero-order valence-corrected chi connectivity index (χ0v) is 14.1. The first kappa shape index (κ1) is 17.4. The average molecular weight is 345 g/mol. The van der Waals surface area contributed by atoms with E-state index in [2.05, 4.69) is 16.2 Å². The van der Waals surface area contributed by atoms with Crippen molar-refractivity contribution in [3.05, 3.63) is 102 Å². The van der Waals surface area contributed by atoms with Gasteiger partial charge in [-0.2, -0.15) is 0 Å². The van der Waals surface area contributed by atoms with Crippen molar-refractivity contribution in [3.8, 4) is 0 Å². The minimum atomic E-state index is -0.694. The van der Waals surface area contributed by atoms with Crippen molar-refractivity contribution < 1.29 is 9.59 Å². The number of hydrogen-bond donors (Lipinski definition) is 3. The molecule has 3 N–H and O–H groups in total. The number of rotatable bonds is 6. The van der Waals surface area contributed by atoms with Gasteiger partial charge in [-0.25, -0.2) is 10.2 Å². The summed E-state index contributed by atoms with van der Waals surface area (Å²) in [7, 11) is 0. The lowest BCUT2D eigenvalue weighted by Gasteiger charge is -2.19. The van der Waals surface area contributed by atoms with E-state index < -0.39 is 12.1 Å². The fourth-order valence-corrected chi connectivity index (χ4v) is 2.54. The second-order valence-corrected chi connectivity index (χ2v) is 5.66. The minimum absolute atomic E-state index is 0.128. The molecule has 3 aromatic carbocycles. The monoisotopic (exact) mass is 345 g/mol. The predicted octanol–water partition coefficient (Wildman–Crippen LogP) is 3.94. The molecule has 1 unspecified atom stereocenters. The van der Waals surface area contributed by atoms with Crippen molar-refractivity contribution in [2.75, 3.05) is 5.32 Å². The Balaban J connectivity index is 1.72. The molecule has 0 aliphatic carbocycles. The summed E-state index contributed by atoms with van der Waals surface area (Å²) in [4.78, 5) is 25.0. The maximum Gasteiger partial charge on any atom is 0.333 e. The summed E-state index contributed by atoms with van der Waals surface area (Å²) >= 11 is 0. The van der Waals surface area contributed by atoms with Crippen molar-refractivity contribution in [3.63, 3.8) is 0 Å². The van der Waals surface area contributed by atoms with Gasteiger partial charge < -0.3 is 5.32 Å². The number of ketones is 1. The Kier molecular flexibility index (Phi) is 5.75. The normalized spacial score (nSPS) is 11.4. The van der Waals surface area contributed by atoms with E-state index in [0.29, 0.717) is 11.3 Å². The van der Waals surface area contributed by atoms with Gasteiger partial charge in [0.1, 0.15) is 6.04 Å². The highest BCUT2D eigenvalue weighted by molar-refractivity contribution is 6.01. The van der Waals surface area contributed by atoms with E-state index in [9.17, 15) is 9.59 Å². The summed E-state index contributed by atoms with van der Waals surface area (Å²) < 4.78 is 0. The number of hydrogen-bond acceptors (Lipinski definition) is 3. The van der Waals surface area contributed by atoms with E-state index in [0.717, 1.165) is 5.56 Å². The van der Waals surface area contributed by atoms with Gasteiger partial charge in [-0.1, -0.05) is 78.9 Å². The molecule has 0 spiro atoms. The number of urea groups is 1. The van der Waals surface area contributed by atoms with Crippen molar-refractivity contribution >= 4 is 17.5 Å². The molecule has 0 aliphatic heterocycles. The van der Waals surface area contributed by atoms with Gasteiger partial charge in [0.2, 0.25) is 0 Å². The highest BCUT2D eigenvalue weighted by Gasteiger charge is 2.22. The van der Waals surface area contributed by atoms with Gasteiger partial charge in [0, 0.05) is 11.3 Å². The van der Waals surface area contributed by atoms with E-state index in [1.807, 2.05) is 66.7 Å². The number of para-hydroxylation sites is 1. The maximum absolute atomic E-state index is 12.9. The zero-order valence-electron chi connectivity index (χ0n) is 14.1. The molecule has 0 heterocycles. The van der Waals surface area contributed by atoms with Crippen LogP contribution in [-0.4, -0.2) is 11.8 Å². The van der Waals surface area contributed by atoms with Gasteiger partial charge in [0.25, 0.3) is 0 Å². The van der Waals surface area contributed by atoms with E-state index in [1.54, 1.807) is 24.3 Å². The summed E-state index contributed by atoms with van der Waals surface area (Å²) in [5.41, 5.74) is 7.40. The minimum Gasteiger partial charge on any atom is -0.307 e. The Morgan fingerprint density at radius 3 is 1.85 bits per heavy atom. The molecule has 0 saturated heterocycles. The first-order chi connectivity index (χ1) is 12.7. The molecule has 0 aliphatic rings. The molecule has 0 aromatic heterocycles. The van der Waals surface area contributed by atoms with Crippen molar-refractivity contribution in [1.29, 1.82) is 0 Å². The fourth-order valence-electron chi connectivity index (χ4n) is 2.54. The van der Waals surface area contributed by atoms with Crippen LogP contribution in [0.5, 0.6) is 0 Å². The molecule has 130 valence electrons. The number of benzene rings is 3. The number of Topliss-reactive ketones (excluding diaryl/α,β-unsaturated/α-hetero) is 1. The Bertz CT molecular complexity index is 852. The topological polar surface area (TPSA) is 70.2 Å². The summed E-state index contributed by atoms with van der Waals surface area (Å²) in [5, 5.41) is 2.70. The first-order valence-corrected chi connectivity index (χ1v) is 8.26. The van der Waals surface area contributed by atoms with Crippen LogP contribution in [0, 0.1) is 0 Å². The van der Waals surface area contributed by atoms with Crippen LogP contribution >= 0.6 is 0 Å². The predicted molar refractivity (Wildman–Crippen MR) is 102 cm³/mol. The van der Waals surface area contributed by atoms with Crippen LogP contribution < -0.4 is 16.2 Å². The SMILES string of the molecule is O=C(NNC(C(=O)c1ccccc1)c1ccccc1)Nc1ccccc1. The van der Waals surface area contributed by atoms with Gasteiger partial charge in [-0.3, -0.25) is 10.2 Å². The quantitative estimate of drug-likeness (QED) is 0.468. The standard InChI is InChI=1S/C21H19N3O2/c25-20(17-12-6-2-7-13-17)19(16-10-4-1-5-11-16)23-24-21(26)22-18-14-8-3-9-15-18/h1-15,19,23H,(H2,22,24,26). The molecule has 26 heavy (non-hydrogen) atoms. The van der Waals surface area contributed by atoms with Crippen LogP contribution in [0.2, 0.25) is 0 Å². The average Bonchev–Trinajstić information content (AvgIpc) is 2.70. The lowest BCUT2D eigenvalue weighted by molar-refractivity contribution is 0.0937. The van der Waals surface area contributed by atoms with Crippen LogP contribution in [0.15, 0.2) is 91.0 Å².